The highest BCUT2D eigenvalue weighted by molar-refractivity contribution is 9.10. The molecule has 2 rings (SSSR count). The van der Waals surface area contributed by atoms with Gasteiger partial charge in [-0.1, -0.05) is 18.2 Å². The molecule has 0 aliphatic carbocycles. The lowest BCUT2D eigenvalue weighted by Crippen LogP contribution is -2.00. The molecule has 18 heavy (non-hydrogen) atoms. The standard InChI is InChI=1S/C14H12BrFOS/c15-13-10-11(16)6-7-14(13)17-8-9-18-12-4-2-1-3-5-12/h1-7,10H,8-9H2. The summed E-state index contributed by atoms with van der Waals surface area (Å²) in [6.07, 6.45) is 0. The Balaban J connectivity index is 1.79. The second-order valence-electron chi connectivity index (χ2n) is 3.58. The van der Waals surface area contributed by atoms with Crippen molar-refractivity contribution in [3.8, 4) is 5.75 Å². The molecule has 0 aliphatic heterocycles. The maximum Gasteiger partial charge on any atom is 0.133 e. The van der Waals surface area contributed by atoms with Gasteiger partial charge in [-0.05, 0) is 46.3 Å². The molecule has 0 aliphatic rings. The van der Waals surface area contributed by atoms with Gasteiger partial charge in [0.05, 0.1) is 11.1 Å². The van der Waals surface area contributed by atoms with E-state index in [0.717, 1.165) is 5.75 Å². The van der Waals surface area contributed by atoms with Crippen LogP contribution in [0.3, 0.4) is 0 Å². The summed E-state index contributed by atoms with van der Waals surface area (Å²) in [5.41, 5.74) is 0. The molecule has 0 heterocycles. The molecule has 0 saturated carbocycles. The molecule has 94 valence electrons. The molecule has 0 atom stereocenters. The predicted molar refractivity (Wildman–Crippen MR) is 76.8 cm³/mol. The summed E-state index contributed by atoms with van der Waals surface area (Å²) in [7, 11) is 0. The van der Waals surface area contributed by atoms with Crippen LogP contribution in [0, 0.1) is 5.82 Å². The largest absolute Gasteiger partial charge is 0.492 e. The summed E-state index contributed by atoms with van der Waals surface area (Å²) in [6.45, 7) is 0.587. The molecule has 0 fully saturated rings. The minimum atomic E-state index is -0.270. The second-order valence-corrected chi connectivity index (χ2v) is 5.61. The molecule has 0 amide bonds. The fourth-order valence-electron chi connectivity index (χ4n) is 1.42. The summed E-state index contributed by atoms with van der Waals surface area (Å²) >= 11 is 5.01. The predicted octanol–water partition coefficient (Wildman–Crippen LogP) is 4.76. The molecule has 0 spiro atoms. The third kappa shape index (κ3) is 4.03. The van der Waals surface area contributed by atoms with E-state index in [0.29, 0.717) is 16.8 Å². The Labute approximate surface area is 118 Å². The van der Waals surface area contributed by atoms with Crippen LogP contribution in [0.5, 0.6) is 5.75 Å². The van der Waals surface area contributed by atoms with Crippen molar-refractivity contribution in [3.63, 3.8) is 0 Å². The Morgan fingerprint density at radius 1 is 1.11 bits per heavy atom. The number of thioether (sulfide) groups is 1. The average Bonchev–Trinajstić information content (AvgIpc) is 2.38. The number of halogens is 2. The van der Waals surface area contributed by atoms with Crippen LogP contribution in [0.2, 0.25) is 0 Å². The van der Waals surface area contributed by atoms with Crippen LogP contribution in [0.1, 0.15) is 0 Å². The summed E-state index contributed by atoms with van der Waals surface area (Å²) in [5.74, 6) is 1.26. The molecular weight excluding hydrogens is 315 g/mol. The van der Waals surface area contributed by atoms with E-state index in [2.05, 4.69) is 28.1 Å². The van der Waals surface area contributed by atoms with Crippen molar-refractivity contribution < 1.29 is 9.13 Å². The molecule has 1 nitrogen and oxygen atoms in total. The summed E-state index contributed by atoms with van der Waals surface area (Å²) in [5, 5.41) is 0. The van der Waals surface area contributed by atoms with Crippen molar-refractivity contribution in [2.24, 2.45) is 0 Å². The first-order valence-corrected chi connectivity index (χ1v) is 7.29. The van der Waals surface area contributed by atoms with Gasteiger partial charge in [0, 0.05) is 10.6 Å². The van der Waals surface area contributed by atoms with Gasteiger partial charge in [-0.15, -0.1) is 11.8 Å². The van der Waals surface area contributed by atoms with Crippen molar-refractivity contribution >= 4 is 27.7 Å². The lowest BCUT2D eigenvalue weighted by molar-refractivity contribution is 0.341. The van der Waals surface area contributed by atoms with E-state index in [9.17, 15) is 4.39 Å². The maximum atomic E-state index is 12.9. The molecule has 0 radical (unpaired) electrons. The van der Waals surface area contributed by atoms with Crippen molar-refractivity contribution in [3.05, 3.63) is 58.8 Å². The zero-order valence-electron chi connectivity index (χ0n) is 9.61. The van der Waals surface area contributed by atoms with Gasteiger partial charge in [0.2, 0.25) is 0 Å². The minimum Gasteiger partial charge on any atom is -0.492 e. The first-order valence-electron chi connectivity index (χ1n) is 5.51. The van der Waals surface area contributed by atoms with Gasteiger partial charge < -0.3 is 4.74 Å². The van der Waals surface area contributed by atoms with E-state index in [1.807, 2.05) is 18.2 Å². The quantitative estimate of drug-likeness (QED) is 0.578. The van der Waals surface area contributed by atoms with E-state index >= 15 is 0 Å². The fourth-order valence-corrected chi connectivity index (χ4v) is 2.64. The molecule has 0 aromatic heterocycles. The van der Waals surface area contributed by atoms with E-state index < -0.39 is 0 Å². The SMILES string of the molecule is Fc1ccc(OCCSc2ccccc2)c(Br)c1. The Morgan fingerprint density at radius 3 is 2.61 bits per heavy atom. The number of hydrogen-bond donors (Lipinski definition) is 0. The highest BCUT2D eigenvalue weighted by atomic mass is 79.9. The van der Waals surface area contributed by atoms with E-state index in [-0.39, 0.29) is 5.82 Å². The normalized spacial score (nSPS) is 10.3. The smallest absolute Gasteiger partial charge is 0.133 e. The first-order chi connectivity index (χ1) is 8.75. The van der Waals surface area contributed by atoms with E-state index in [1.165, 1.54) is 17.0 Å². The highest BCUT2D eigenvalue weighted by Crippen LogP contribution is 2.26. The van der Waals surface area contributed by atoms with Gasteiger partial charge >= 0.3 is 0 Å². The molecule has 0 unspecified atom stereocenters. The van der Waals surface area contributed by atoms with Gasteiger partial charge in [0.15, 0.2) is 0 Å². The summed E-state index contributed by atoms with van der Waals surface area (Å²) in [6, 6.07) is 14.6. The van der Waals surface area contributed by atoms with Crippen LogP contribution in [0.25, 0.3) is 0 Å². The van der Waals surface area contributed by atoms with Crippen molar-refractivity contribution in [1.82, 2.24) is 0 Å². The van der Waals surface area contributed by atoms with Crippen LogP contribution in [-0.4, -0.2) is 12.4 Å². The maximum absolute atomic E-state index is 12.9. The Kier molecular flexibility index (Phi) is 5.08. The molecule has 4 heteroatoms. The average molecular weight is 327 g/mol. The zero-order chi connectivity index (χ0) is 12.8. The Hall–Kier alpha value is -1.00. The van der Waals surface area contributed by atoms with Crippen LogP contribution in [-0.2, 0) is 0 Å². The topological polar surface area (TPSA) is 9.23 Å². The van der Waals surface area contributed by atoms with Crippen molar-refractivity contribution in [2.75, 3.05) is 12.4 Å². The van der Waals surface area contributed by atoms with Gasteiger partial charge in [0.25, 0.3) is 0 Å². The van der Waals surface area contributed by atoms with Crippen LogP contribution < -0.4 is 4.74 Å². The van der Waals surface area contributed by atoms with Crippen LogP contribution in [0.15, 0.2) is 57.9 Å². The number of ether oxygens (including phenoxy) is 1. The molecule has 0 bridgehead atoms. The van der Waals surface area contributed by atoms with Gasteiger partial charge in [-0.3, -0.25) is 0 Å². The lowest BCUT2D eigenvalue weighted by atomic mass is 10.3. The number of rotatable bonds is 5. The lowest BCUT2D eigenvalue weighted by Gasteiger charge is -2.07. The van der Waals surface area contributed by atoms with E-state index in [4.69, 9.17) is 4.74 Å². The fraction of sp³-hybridized carbons (Fsp3) is 0.143. The molecule has 0 saturated heterocycles. The van der Waals surface area contributed by atoms with E-state index in [1.54, 1.807) is 17.8 Å². The highest BCUT2D eigenvalue weighted by Gasteiger charge is 2.02. The van der Waals surface area contributed by atoms with Gasteiger partial charge in [-0.25, -0.2) is 4.39 Å². The zero-order valence-corrected chi connectivity index (χ0v) is 12.0. The Morgan fingerprint density at radius 2 is 1.89 bits per heavy atom. The second kappa shape index (κ2) is 6.81. The number of hydrogen-bond acceptors (Lipinski definition) is 2. The summed E-state index contributed by atoms with van der Waals surface area (Å²) in [4.78, 5) is 1.22. The Bertz CT molecular complexity index is 504. The molecule has 2 aromatic carbocycles. The minimum absolute atomic E-state index is 0.270. The first kappa shape index (κ1) is 13.4. The third-order valence-corrected chi connectivity index (χ3v) is 3.84. The third-order valence-electron chi connectivity index (χ3n) is 2.25. The van der Waals surface area contributed by atoms with Crippen LogP contribution in [0.4, 0.5) is 4.39 Å². The molecule has 0 N–H and O–H groups in total. The van der Waals surface area contributed by atoms with Crippen LogP contribution >= 0.6 is 27.7 Å². The van der Waals surface area contributed by atoms with Crippen molar-refractivity contribution in [2.45, 2.75) is 4.90 Å². The van der Waals surface area contributed by atoms with Gasteiger partial charge in [0.1, 0.15) is 11.6 Å². The van der Waals surface area contributed by atoms with Gasteiger partial charge in [-0.2, -0.15) is 0 Å². The van der Waals surface area contributed by atoms with Crippen molar-refractivity contribution in [1.29, 1.82) is 0 Å². The molecule has 2 aromatic rings. The number of benzene rings is 2. The monoisotopic (exact) mass is 326 g/mol. The summed E-state index contributed by atoms with van der Waals surface area (Å²) < 4.78 is 19.1. The molecular formula is C14H12BrFOS.